The molecule has 1 heteroatoms. The number of nitrogens with zero attached hydrogens (tertiary/aromatic N) is 1. The summed E-state index contributed by atoms with van der Waals surface area (Å²) < 4.78 is 0. The fourth-order valence-corrected chi connectivity index (χ4v) is 0.266. The van der Waals surface area contributed by atoms with Gasteiger partial charge in [-0.3, -0.25) is 4.99 Å². The van der Waals surface area contributed by atoms with E-state index >= 15 is 0 Å². The average molecular weight is 139 g/mol. The number of hydrogen-bond acceptors (Lipinski definition) is 1. The third-order valence-corrected chi connectivity index (χ3v) is 0.898. The summed E-state index contributed by atoms with van der Waals surface area (Å²) in [6.07, 6.45) is 5.60. The van der Waals surface area contributed by atoms with E-state index in [9.17, 15) is 0 Å². The molecule has 0 aromatic rings. The van der Waals surface area contributed by atoms with Crippen LogP contribution in [0.15, 0.2) is 28.9 Å². The quantitative estimate of drug-likeness (QED) is 0.411. The summed E-state index contributed by atoms with van der Waals surface area (Å²) >= 11 is 0. The molecule has 0 amide bonds. The molecule has 0 aromatic carbocycles. The van der Waals surface area contributed by atoms with E-state index in [1.165, 1.54) is 5.57 Å². The normalized spacial score (nSPS) is 10.6. The molecule has 0 aliphatic rings. The molecule has 0 spiro atoms. The molecular formula is C9H17N. The minimum Gasteiger partial charge on any atom is -0.273 e. The van der Waals surface area contributed by atoms with Crippen molar-refractivity contribution in [3.63, 3.8) is 0 Å². The second-order valence-electron chi connectivity index (χ2n) is 1.53. The molecule has 0 heterocycles. The third kappa shape index (κ3) is 10.2. The van der Waals surface area contributed by atoms with Crippen LogP contribution in [0.1, 0.15) is 27.7 Å². The minimum atomic E-state index is 1.21. The van der Waals surface area contributed by atoms with Gasteiger partial charge in [-0.25, -0.2) is 0 Å². The molecule has 0 radical (unpaired) electrons. The van der Waals surface area contributed by atoms with Crippen LogP contribution < -0.4 is 0 Å². The fourth-order valence-electron chi connectivity index (χ4n) is 0.266. The average Bonchev–Trinajstić information content (AvgIpc) is 2.04. The summed E-state index contributed by atoms with van der Waals surface area (Å²) in [5.74, 6) is 0. The second-order valence-corrected chi connectivity index (χ2v) is 1.53. The predicted molar refractivity (Wildman–Crippen MR) is 49.5 cm³/mol. The molecule has 0 fully saturated rings. The maximum absolute atomic E-state index is 3.55. The van der Waals surface area contributed by atoms with Crippen molar-refractivity contribution in [2.24, 2.45) is 4.99 Å². The molecule has 0 aliphatic heterocycles. The first-order chi connectivity index (χ1) is 4.81. The largest absolute Gasteiger partial charge is 0.273 e. The molecule has 0 N–H and O–H groups in total. The van der Waals surface area contributed by atoms with Crippen molar-refractivity contribution in [3.05, 3.63) is 23.9 Å². The molecule has 0 saturated heterocycles. The monoisotopic (exact) mass is 139 g/mol. The van der Waals surface area contributed by atoms with Crippen LogP contribution in [-0.2, 0) is 0 Å². The van der Waals surface area contributed by atoms with E-state index in [2.05, 4.69) is 11.7 Å². The molecule has 0 bridgehead atoms. The van der Waals surface area contributed by atoms with Crippen molar-refractivity contribution >= 4 is 6.72 Å². The zero-order valence-corrected chi connectivity index (χ0v) is 7.39. The van der Waals surface area contributed by atoms with Gasteiger partial charge in [0.1, 0.15) is 0 Å². The van der Waals surface area contributed by atoms with Gasteiger partial charge in [0.2, 0.25) is 0 Å². The Hall–Kier alpha value is -0.850. The Labute approximate surface area is 64.2 Å². The lowest BCUT2D eigenvalue weighted by Gasteiger charge is -1.81. The zero-order valence-electron chi connectivity index (χ0n) is 7.39. The highest BCUT2D eigenvalue weighted by atomic mass is 14.6. The van der Waals surface area contributed by atoms with E-state index in [4.69, 9.17) is 0 Å². The lowest BCUT2D eigenvalue weighted by Crippen LogP contribution is -1.61. The number of hydrogen-bond donors (Lipinski definition) is 0. The van der Waals surface area contributed by atoms with Crippen LogP contribution in [0.4, 0.5) is 0 Å². The van der Waals surface area contributed by atoms with Gasteiger partial charge in [-0.1, -0.05) is 25.5 Å². The van der Waals surface area contributed by atoms with Gasteiger partial charge in [-0.2, -0.15) is 0 Å². The number of allylic oxidation sites excluding steroid dienone is 3. The highest BCUT2D eigenvalue weighted by Gasteiger charge is 1.71. The summed E-state index contributed by atoms with van der Waals surface area (Å²) in [6, 6.07) is 0. The molecule has 1 nitrogen and oxygen atoms in total. The molecule has 58 valence electrons. The Morgan fingerprint density at radius 2 is 1.90 bits per heavy atom. The first kappa shape index (κ1) is 11.9. The molecule has 0 atom stereocenters. The van der Waals surface area contributed by atoms with E-state index in [1.54, 1.807) is 6.20 Å². The van der Waals surface area contributed by atoms with Gasteiger partial charge in [0.25, 0.3) is 0 Å². The van der Waals surface area contributed by atoms with Gasteiger partial charge in [-0.05, 0) is 26.6 Å². The van der Waals surface area contributed by atoms with Crippen LogP contribution in [0.5, 0.6) is 0 Å². The summed E-state index contributed by atoms with van der Waals surface area (Å²) in [5.41, 5.74) is 1.21. The molecule has 0 unspecified atom stereocenters. The highest BCUT2D eigenvalue weighted by Crippen LogP contribution is 1.92. The smallest absolute Gasteiger partial charge is 0.0263 e. The standard InChI is InChI=1S/C7H11N.C2H6/c1-4-7(2)5-6-8-3;1-2/h4-6H,3H2,1-2H3;1-2H3/b6-5-,7-4-;. The predicted octanol–water partition coefficient (Wildman–Crippen LogP) is 3.19. The van der Waals surface area contributed by atoms with E-state index in [0.29, 0.717) is 0 Å². The molecule has 0 rings (SSSR count). The van der Waals surface area contributed by atoms with Gasteiger partial charge < -0.3 is 0 Å². The topological polar surface area (TPSA) is 12.4 Å². The Morgan fingerprint density at radius 1 is 1.40 bits per heavy atom. The highest BCUT2D eigenvalue weighted by molar-refractivity contribution is 5.27. The third-order valence-electron chi connectivity index (χ3n) is 0.898. The molecule has 0 saturated carbocycles. The van der Waals surface area contributed by atoms with Crippen molar-refractivity contribution in [3.8, 4) is 0 Å². The van der Waals surface area contributed by atoms with Gasteiger partial charge in [0.05, 0.1) is 0 Å². The van der Waals surface area contributed by atoms with Crippen LogP contribution in [0.3, 0.4) is 0 Å². The Morgan fingerprint density at radius 3 is 2.20 bits per heavy atom. The van der Waals surface area contributed by atoms with E-state index in [1.807, 2.05) is 39.8 Å². The summed E-state index contributed by atoms with van der Waals surface area (Å²) in [6.45, 7) is 11.3. The summed E-state index contributed by atoms with van der Waals surface area (Å²) in [5, 5.41) is 0. The first-order valence-electron chi connectivity index (χ1n) is 3.56. The molecule has 0 aliphatic carbocycles. The molecule has 0 aromatic heterocycles. The fraction of sp³-hybridized carbons (Fsp3) is 0.444. The summed E-state index contributed by atoms with van der Waals surface area (Å²) in [4.78, 5) is 3.55. The van der Waals surface area contributed by atoms with Crippen LogP contribution in [0.2, 0.25) is 0 Å². The van der Waals surface area contributed by atoms with E-state index < -0.39 is 0 Å². The Bertz CT molecular complexity index is 121. The SMILES string of the molecule is C=N/C=C\C(C)=C/C.CC. The molecular weight excluding hydrogens is 122 g/mol. The van der Waals surface area contributed by atoms with E-state index in [-0.39, 0.29) is 0 Å². The number of aliphatic imine (C=N–C) groups is 1. The van der Waals surface area contributed by atoms with Gasteiger partial charge in [0, 0.05) is 6.20 Å². The van der Waals surface area contributed by atoms with Crippen LogP contribution in [0.25, 0.3) is 0 Å². The van der Waals surface area contributed by atoms with Gasteiger partial charge >= 0.3 is 0 Å². The first-order valence-corrected chi connectivity index (χ1v) is 3.56. The Kier molecular flexibility index (Phi) is 13.1. The van der Waals surface area contributed by atoms with Crippen molar-refractivity contribution in [2.45, 2.75) is 27.7 Å². The lowest BCUT2D eigenvalue weighted by atomic mass is 10.3. The second kappa shape index (κ2) is 11.0. The zero-order chi connectivity index (χ0) is 8.41. The summed E-state index contributed by atoms with van der Waals surface area (Å²) in [7, 11) is 0. The van der Waals surface area contributed by atoms with Crippen LogP contribution >= 0.6 is 0 Å². The van der Waals surface area contributed by atoms with Gasteiger partial charge in [-0.15, -0.1) is 0 Å². The Balaban J connectivity index is 0. The van der Waals surface area contributed by atoms with E-state index in [0.717, 1.165) is 0 Å². The number of rotatable bonds is 2. The van der Waals surface area contributed by atoms with Crippen molar-refractivity contribution in [2.75, 3.05) is 0 Å². The van der Waals surface area contributed by atoms with Crippen LogP contribution in [-0.4, -0.2) is 6.72 Å². The van der Waals surface area contributed by atoms with Crippen LogP contribution in [0, 0.1) is 0 Å². The maximum Gasteiger partial charge on any atom is 0.0263 e. The molecule has 10 heavy (non-hydrogen) atoms. The van der Waals surface area contributed by atoms with Crippen molar-refractivity contribution in [1.82, 2.24) is 0 Å². The lowest BCUT2D eigenvalue weighted by molar-refractivity contribution is 1.45. The van der Waals surface area contributed by atoms with Crippen molar-refractivity contribution < 1.29 is 0 Å². The van der Waals surface area contributed by atoms with Crippen molar-refractivity contribution in [1.29, 1.82) is 0 Å². The van der Waals surface area contributed by atoms with Gasteiger partial charge in [0.15, 0.2) is 0 Å². The minimum absolute atomic E-state index is 1.21. The maximum atomic E-state index is 3.55.